The summed E-state index contributed by atoms with van der Waals surface area (Å²) < 4.78 is 38.2. The molecule has 2 aliphatic heterocycles. The second-order valence-electron chi connectivity index (χ2n) is 9.99. The lowest BCUT2D eigenvalue weighted by atomic mass is 9.80. The number of nitrogens with zero attached hydrogens (tertiary/aromatic N) is 3. The fourth-order valence-corrected chi connectivity index (χ4v) is 5.13. The number of anilines is 2. The number of para-hydroxylation sites is 1. The van der Waals surface area contributed by atoms with Crippen molar-refractivity contribution < 1.29 is 32.3 Å². The number of hydrogen-bond acceptors (Lipinski definition) is 6. The van der Waals surface area contributed by atoms with Crippen LogP contribution in [0.25, 0.3) is 0 Å². The quantitative estimate of drug-likeness (QED) is 0.497. The third-order valence-electron chi connectivity index (χ3n) is 7.32. The number of carbonyl (C=O) groups is 4. The summed E-state index contributed by atoms with van der Waals surface area (Å²) in [5.74, 6) is -3.42. The van der Waals surface area contributed by atoms with Crippen LogP contribution in [0.4, 0.5) is 24.7 Å². The number of halogens is 3. The average Bonchev–Trinajstić information content (AvgIpc) is 3.57. The molecule has 1 aromatic carbocycles. The summed E-state index contributed by atoms with van der Waals surface area (Å²) in [6.07, 6.45) is -2.09. The van der Waals surface area contributed by atoms with Crippen molar-refractivity contribution in [2.45, 2.75) is 49.4 Å². The maximum atomic E-state index is 13.7. The lowest BCUT2D eigenvalue weighted by Crippen LogP contribution is -2.53. The number of fused-ring (bicyclic) bond motifs is 2. The fraction of sp³-hybridized carbons (Fsp3) is 0.385. The van der Waals surface area contributed by atoms with Gasteiger partial charge in [0.15, 0.2) is 0 Å². The molecule has 202 valence electrons. The number of carbonyl (C=O) groups excluding carboxylic acids is 4. The molecule has 3 N–H and O–H groups in total. The first-order valence-corrected chi connectivity index (χ1v) is 12.3. The predicted molar refractivity (Wildman–Crippen MR) is 130 cm³/mol. The van der Waals surface area contributed by atoms with Crippen molar-refractivity contribution in [1.29, 1.82) is 5.26 Å². The van der Waals surface area contributed by atoms with Crippen LogP contribution in [0.1, 0.15) is 36.8 Å². The Morgan fingerprint density at radius 1 is 1.18 bits per heavy atom. The van der Waals surface area contributed by atoms with Crippen molar-refractivity contribution in [3.8, 4) is 6.07 Å². The van der Waals surface area contributed by atoms with Crippen LogP contribution in [0.5, 0.6) is 0 Å². The average molecular weight is 541 g/mol. The largest absolute Gasteiger partial charge is 0.417 e. The lowest BCUT2D eigenvalue weighted by molar-refractivity contribution is -0.140. The highest BCUT2D eigenvalue weighted by Crippen LogP contribution is 2.46. The molecule has 13 heteroatoms. The van der Waals surface area contributed by atoms with Crippen LogP contribution < -0.4 is 16.0 Å². The summed E-state index contributed by atoms with van der Waals surface area (Å²) in [5, 5.41) is 17.2. The van der Waals surface area contributed by atoms with Gasteiger partial charge in [-0.15, -0.1) is 0 Å². The van der Waals surface area contributed by atoms with Gasteiger partial charge in [-0.1, -0.05) is 31.0 Å². The van der Waals surface area contributed by atoms with E-state index in [-0.39, 0.29) is 37.0 Å². The van der Waals surface area contributed by atoms with E-state index in [1.807, 2.05) is 0 Å². The minimum Gasteiger partial charge on any atom is -0.336 e. The summed E-state index contributed by atoms with van der Waals surface area (Å²) >= 11 is 0. The zero-order valence-corrected chi connectivity index (χ0v) is 20.4. The number of amides is 4. The summed E-state index contributed by atoms with van der Waals surface area (Å²) in [5.41, 5.74) is -0.817. The maximum absolute atomic E-state index is 13.7. The van der Waals surface area contributed by atoms with Gasteiger partial charge in [0.05, 0.1) is 17.0 Å². The molecule has 3 aliphatic rings. The standard InChI is InChI=1S/C26H23F3N6O4/c27-26(28,29)15-7-8-20(31-12-15)34-22(37)21(36)32-19(9-14-5-6-14)23(38)35-13-25(10-16(35)11-30)17-3-1-2-4-18(17)33-24(25)39/h1-4,7-8,12,14,16,19H,5-6,9-10,13H2,(H,32,36)(H,33,39)(H,31,34,37)/t16-,19-,25-/m0/s1. The van der Waals surface area contributed by atoms with Crippen LogP contribution in [0.2, 0.25) is 0 Å². The topological polar surface area (TPSA) is 144 Å². The molecule has 1 spiro atoms. The number of nitrogens with one attached hydrogen (secondary N) is 3. The van der Waals surface area contributed by atoms with Crippen LogP contribution in [-0.4, -0.2) is 52.1 Å². The van der Waals surface area contributed by atoms with E-state index in [4.69, 9.17) is 0 Å². The minimum absolute atomic E-state index is 0.0639. The maximum Gasteiger partial charge on any atom is 0.417 e. The van der Waals surface area contributed by atoms with Gasteiger partial charge in [0, 0.05) is 24.8 Å². The van der Waals surface area contributed by atoms with Gasteiger partial charge in [0.2, 0.25) is 11.8 Å². The molecular formula is C26H23F3N6O4. The number of nitriles is 1. The zero-order valence-electron chi connectivity index (χ0n) is 20.4. The van der Waals surface area contributed by atoms with E-state index in [2.05, 4.69) is 27.0 Å². The summed E-state index contributed by atoms with van der Waals surface area (Å²) in [6.45, 7) is -0.0639. The number of hydrogen-bond donors (Lipinski definition) is 3. The Kier molecular flexibility index (Phi) is 6.49. The monoisotopic (exact) mass is 540 g/mol. The summed E-state index contributed by atoms with van der Waals surface area (Å²) in [4.78, 5) is 56.6. The first-order valence-electron chi connectivity index (χ1n) is 12.3. The van der Waals surface area contributed by atoms with Crippen molar-refractivity contribution in [3.63, 3.8) is 0 Å². The number of alkyl halides is 3. The Hall–Kier alpha value is -4.47. The number of aromatic nitrogens is 1. The molecule has 3 atom stereocenters. The molecule has 39 heavy (non-hydrogen) atoms. The molecule has 4 amide bonds. The fourth-order valence-electron chi connectivity index (χ4n) is 5.13. The smallest absolute Gasteiger partial charge is 0.336 e. The SMILES string of the molecule is N#C[C@@H]1C[C@@]2(CN1C(=O)[C@H](CC1CC1)NC(=O)C(=O)Nc1ccc(C(F)(F)F)cn1)C(=O)Nc1ccccc12. The Bertz CT molecular complexity index is 1390. The van der Waals surface area contributed by atoms with Gasteiger partial charge < -0.3 is 20.9 Å². The number of benzene rings is 1. The highest BCUT2D eigenvalue weighted by atomic mass is 19.4. The molecule has 1 saturated heterocycles. The second-order valence-corrected chi connectivity index (χ2v) is 9.99. The van der Waals surface area contributed by atoms with Crippen molar-refractivity contribution in [1.82, 2.24) is 15.2 Å². The number of likely N-dealkylation sites (tertiary alicyclic amines) is 1. The van der Waals surface area contributed by atoms with E-state index in [1.165, 1.54) is 4.90 Å². The van der Waals surface area contributed by atoms with Crippen LogP contribution >= 0.6 is 0 Å². The molecule has 0 bridgehead atoms. The molecule has 0 unspecified atom stereocenters. The minimum atomic E-state index is -4.61. The molecule has 1 saturated carbocycles. The van der Waals surface area contributed by atoms with E-state index in [9.17, 15) is 37.6 Å². The predicted octanol–water partition coefficient (Wildman–Crippen LogP) is 2.34. The Labute approximate surface area is 220 Å². The highest BCUT2D eigenvalue weighted by Gasteiger charge is 2.56. The molecule has 0 radical (unpaired) electrons. The van der Waals surface area contributed by atoms with E-state index < -0.39 is 47.0 Å². The van der Waals surface area contributed by atoms with Crippen LogP contribution in [0.3, 0.4) is 0 Å². The zero-order chi connectivity index (χ0) is 27.9. The van der Waals surface area contributed by atoms with Crippen molar-refractivity contribution in [3.05, 3.63) is 53.7 Å². The lowest BCUT2D eigenvalue weighted by Gasteiger charge is -2.27. The van der Waals surface area contributed by atoms with E-state index >= 15 is 0 Å². The molecular weight excluding hydrogens is 517 g/mol. The summed E-state index contributed by atoms with van der Waals surface area (Å²) in [6, 6.07) is 8.70. The second kappa shape index (κ2) is 9.68. The number of rotatable bonds is 5. The first kappa shape index (κ1) is 26.1. The summed E-state index contributed by atoms with van der Waals surface area (Å²) in [7, 11) is 0. The molecule has 2 aromatic rings. The van der Waals surface area contributed by atoms with E-state index in [0.717, 1.165) is 18.9 Å². The van der Waals surface area contributed by atoms with E-state index in [0.29, 0.717) is 23.5 Å². The highest BCUT2D eigenvalue weighted by molar-refractivity contribution is 6.39. The van der Waals surface area contributed by atoms with Crippen molar-refractivity contribution in [2.75, 3.05) is 17.2 Å². The molecule has 1 aromatic heterocycles. The van der Waals surface area contributed by atoms with Gasteiger partial charge in [-0.3, -0.25) is 19.2 Å². The molecule has 2 fully saturated rings. The van der Waals surface area contributed by atoms with Gasteiger partial charge in [-0.05, 0) is 36.1 Å². The molecule has 3 heterocycles. The normalized spacial score (nSPS) is 22.6. The van der Waals surface area contributed by atoms with Crippen molar-refractivity contribution in [2.24, 2.45) is 5.92 Å². The third kappa shape index (κ3) is 5.01. The first-order chi connectivity index (χ1) is 18.5. The van der Waals surface area contributed by atoms with Gasteiger partial charge in [0.25, 0.3) is 0 Å². The van der Waals surface area contributed by atoms with E-state index in [1.54, 1.807) is 24.3 Å². The molecule has 5 rings (SSSR count). The van der Waals surface area contributed by atoms with Crippen LogP contribution in [0.15, 0.2) is 42.6 Å². The van der Waals surface area contributed by atoms with Gasteiger partial charge in [0.1, 0.15) is 17.9 Å². The Morgan fingerprint density at radius 3 is 2.56 bits per heavy atom. The van der Waals surface area contributed by atoms with Gasteiger partial charge in [-0.2, -0.15) is 18.4 Å². The van der Waals surface area contributed by atoms with Crippen LogP contribution in [0, 0.1) is 17.2 Å². The third-order valence-corrected chi connectivity index (χ3v) is 7.32. The molecule has 10 nitrogen and oxygen atoms in total. The van der Waals surface area contributed by atoms with Crippen molar-refractivity contribution >= 4 is 35.1 Å². The van der Waals surface area contributed by atoms with Gasteiger partial charge in [-0.25, -0.2) is 4.98 Å². The Balaban J connectivity index is 1.31. The van der Waals surface area contributed by atoms with Crippen LogP contribution in [-0.2, 0) is 30.8 Å². The number of pyridine rings is 1. The Morgan fingerprint density at radius 2 is 1.92 bits per heavy atom. The van der Waals surface area contributed by atoms with Gasteiger partial charge >= 0.3 is 18.0 Å². The molecule has 1 aliphatic carbocycles.